The number of hydrogen-bond donors (Lipinski definition) is 12. The summed E-state index contributed by atoms with van der Waals surface area (Å²) in [7, 11) is 1.15. The first-order chi connectivity index (χ1) is 34.4. The van der Waals surface area contributed by atoms with Crippen LogP contribution in [0, 0.1) is 23.7 Å². The highest BCUT2D eigenvalue weighted by Gasteiger charge is 2.51. The monoisotopic (exact) mass is 1040 g/mol. The Kier molecular flexibility index (Phi) is 27.0. The number of esters is 2. The van der Waals surface area contributed by atoms with Crippen molar-refractivity contribution in [3.8, 4) is 0 Å². The number of fused-ring (bicyclic) bond motifs is 2. The third-order valence-corrected chi connectivity index (χ3v) is 13.5. The zero-order chi connectivity index (χ0) is 54.6. The van der Waals surface area contributed by atoms with Crippen molar-refractivity contribution in [3.05, 3.63) is 85.1 Å². The van der Waals surface area contributed by atoms with Gasteiger partial charge in [-0.1, -0.05) is 113 Å². The van der Waals surface area contributed by atoms with Crippen LogP contribution in [0.5, 0.6) is 0 Å². The van der Waals surface area contributed by atoms with Gasteiger partial charge in [-0.15, -0.1) is 0 Å². The summed E-state index contributed by atoms with van der Waals surface area (Å²) in [5, 5.41) is 113. The van der Waals surface area contributed by atoms with E-state index in [4.69, 9.17) is 29.4 Å². The Morgan fingerprint density at radius 1 is 0.699 bits per heavy atom. The topological polar surface area (TPSA) is 338 Å². The van der Waals surface area contributed by atoms with Gasteiger partial charge < -0.3 is 85.8 Å². The summed E-state index contributed by atoms with van der Waals surface area (Å²) in [6.07, 6.45) is 3.27. The SMILES string of the molecule is COC(=O)C(NC(=O)[C@H]1[C@@H]2C[C@@H](OC3O[C@H](C)[C@@H](O)[C@H](N)[C@@H]3O)/C=C/C=C/C=C/C=C/C=C/C=C/C=C/[C@H](C)[C@@H](O)[C@@H](C)[C@H](C)OC(=O)CC(O)CC(O)CC(O)CC[C@@H](O)[C@H](O)C[C@](O)(C[C@@H]1O)O2)C(C)C. The van der Waals surface area contributed by atoms with Gasteiger partial charge in [0.15, 0.2) is 12.1 Å². The Morgan fingerprint density at radius 2 is 1.25 bits per heavy atom. The number of carbonyl (C=O) groups excluding carboxylic acids is 3. The predicted octanol–water partition coefficient (Wildman–Crippen LogP) is 0.941. The number of allylic oxidation sites excluding steroid dienone is 12. The predicted molar refractivity (Wildman–Crippen MR) is 268 cm³/mol. The molecule has 0 aromatic carbocycles. The minimum Gasteiger partial charge on any atom is -0.467 e. The summed E-state index contributed by atoms with van der Waals surface area (Å²) in [5.41, 5.74) is 6.11. The van der Waals surface area contributed by atoms with Crippen molar-refractivity contribution in [1.29, 1.82) is 0 Å². The molecule has 2 fully saturated rings. The number of carbonyl (C=O) groups is 3. The van der Waals surface area contributed by atoms with Gasteiger partial charge in [-0.25, -0.2) is 4.79 Å². The molecule has 0 aliphatic carbocycles. The van der Waals surface area contributed by atoms with E-state index in [0.29, 0.717) is 0 Å². The molecule has 0 aromatic rings. The van der Waals surface area contributed by atoms with E-state index in [1.54, 1.807) is 94.5 Å². The van der Waals surface area contributed by atoms with Crippen LogP contribution in [0.3, 0.4) is 0 Å². The van der Waals surface area contributed by atoms with Crippen LogP contribution in [0.1, 0.15) is 92.9 Å². The molecule has 73 heavy (non-hydrogen) atoms. The third-order valence-electron chi connectivity index (χ3n) is 13.5. The fourth-order valence-corrected chi connectivity index (χ4v) is 8.85. The molecule has 3 rings (SSSR count). The van der Waals surface area contributed by atoms with E-state index in [2.05, 4.69) is 5.32 Å². The minimum atomic E-state index is -2.40. The molecule has 0 aromatic heterocycles. The molecule has 0 spiro atoms. The second kappa shape index (κ2) is 31.2. The van der Waals surface area contributed by atoms with E-state index >= 15 is 0 Å². The summed E-state index contributed by atoms with van der Waals surface area (Å²) in [6.45, 7) is 10.1. The lowest BCUT2D eigenvalue weighted by Crippen LogP contribution is -2.62. The van der Waals surface area contributed by atoms with Crippen LogP contribution in [0.25, 0.3) is 0 Å². The highest BCUT2D eigenvalue weighted by molar-refractivity contribution is 5.86. The molecule has 5 unspecified atom stereocenters. The van der Waals surface area contributed by atoms with Crippen molar-refractivity contribution < 1.29 is 89.1 Å². The number of nitrogens with one attached hydrogen (secondary N) is 1. The van der Waals surface area contributed by atoms with E-state index < -0.39 is 158 Å². The molecule has 3 aliphatic rings. The second-order valence-corrected chi connectivity index (χ2v) is 20.0. The number of hydrogen-bond acceptors (Lipinski definition) is 19. The lowest BCUT2D eigenvalue weighted by molar-refractivity contribution is -0.308. The van der Waals surface area contributed by atoms with Gasteiger partial charge in [0.1, 0.15) is 18.2 Å². The maximum absolute atomic E-state index is 14.1. The molecule has 13 N–H and O–H groups in total. The third kappa shape index (κ3) is 20.9. The average Bonchev–Trinajstić information content (AvgIpc) is 3.31. The minimum absolute atomic E-state index is 0.156. The van der Waals surface area contributed by atoms with Gasteiger partial charge in [0.25, 0.3) is 0 Å². The van der Waals surface area contributed by atoms with Gasteiger partial charge >= 0.3 is 11.9 Å². The molecule has 414 valence electrons. The highest BCUT2D eigenvalue weighted by atomic mass is 16.7. The molecule has 0 radical (unpaired) electrons. The Morgan fingerprint density at radius 3 is 1.82 bits per heavy atom. The molecule has 3 aliphatic heterocycles. The fourth-order valence-electron chi connectivity index (χ4n) is 8.85. The van der Waals surface area contributed by atoms with E-state index in [1.807, 2.05) is 19.1 Å². The van der Waals surface area contributed by atoms with E-state index in [9.17, 15) is 65.4 Å². The maximum Gasteiger partial charge on any atom is 0.328 e. The normalized spacial score (nSPS) is 42.2. The quantitative estimate of drug-likeness (QED) is 0.165. The molecular formula is C53H84N2O18. The van der Waals surface area contributed by atoms with Crippen molar-refractivity contribution >= 4 is 17.8 Å². The number of nitrogens with two attached hydrogens (primary N) is 1. The lowest BCUT2D eigenvalue weighted by atomic mass is 9.81. The number of ether oxygens (including phenoxy) is 5. The number of aliphatic hydroxyl groups is 10. The van der Waals surface area contributed by atoms with Gasteiger partial charge in [-0.3, -0.25) is 9.59 Å². The van der Waals surface area contributed by atoms with Crippen LogP contribution in [0.2, 0.25) is 0 Å². The van der Waals surface area contributed by atoms with E-state index in [1.165, 1.54) is 13.0 Å². The molecule has 3 heterocycles. The molecule has 0 saturated carbocycles. The Bertz CT molecular complexity index is 1910. The van der Waals surface area contributed by atoms with Crippen LogP contribution in [0.15, 0.2) is 85.1 Å². The van der Waals surface area contributed by atoms with E-state index in [0.717, 1.165) is 7.11 Å². The molecule has 1 amide bonds. The molecule has 20 nitrogen and oxygen atoms in total. The van der Waals surface area contributed by atoms with Crippen LogP contribution in [-0.2, 0) is 38.1 Å². The number of aliphatic hydroxyl groups excluding tert-OH is 9. The molecule has 20 heteroatoms. The van der Waals surface area contributed by atoms with Crippen molar-refractivity contribution in [2.24, 2.45) is 29.4 Å². The highest BCUT2D eigenvalue weighted by Crippen LogP contribution is 2.38. The van der Waals surface area contributed by atoms with Gasteiger partial charge in [-0.2, -0.15) is 0 Å². The van der Waals surface area contributed by atoms with Crippen molar-refractivity contribution in [3.63, 3.8) is 0 Å². The summed E-state index contributed by atoms with van der Waals surface area (Å²) in [5.74, 6) is -7.44. The molecule has 2 saturated heterocycles. The fraction of sp³-hybridized carbons (Fsp3) is 0.679. The summed E-state index contributed by atoms with van der Waals surface area (Å²) >= 11 is 0. The van der Waals surface area contributed by atoms with Gasteiger partial charge in [-0.05, 0) is 45.4 Å². The Labute approximate surface area is 429 Å². The van der Waals surface area contributed by atoms with Crippen molar-refractivity contribution in [2.75, 3.05) is 7.11 Å². The number of cyclic esters (lactones) is 1. The number of amides is 1. The van der Waals surface area contributed by atoms with E-state index in [-0.39, 0.29) is 38.0 Å². The van der Waals surface area contributed by atoms with Crippen molar-refractivity contribution in [2.45, 2.75) is 196 Å². The first-order valence-corrected chi connectivity index (χ1v) is 25.2. The summed E-state index contributed by atoms with van der Waals surface area (Å²) in [4.78, 5) is 39.5. The first-order valence-electron chi connectivity index (χ1n) is 25.2. The zero-order valence-electron chi connectivity index (χ0n) is 43.1. The van der Waals surface area contributed by atoms with Gasteiger partial charge in [0.2, 0.25) is 5.91 Å². The summed E-state index contributed by atoms with van der Waals surface area (Å²) in [6, 6.07) is -2.32. The van der Waals surface area contributed by atoms with Crippen LogP contribution >= 0.6 is 0 Å². The Balaban J connectivity index is 1.98. The standard InChI is InChI=1S/C53H84N2O18/c1-30(2)46(51(67)69-7)55-50(66)44-41(61)29-53(68)28-40(60)39(59)23-22-35(56)24-36(57)25-37(58)26-43(62)70-33(5)32(4)47(63)31(3)20-18-16-14-12-10-8-9-11-13-15-17-19-21-38(27-42(44)73-53)72-52-49(65)45(54)48(64)34(6)71-52/h8-21,30-42,44-49,52,56-61,63-65,68H,22-29,54H2,1-7H3,(H,55,66)/b9-8+,12-10+,13-11+,16-14+,17-15+,20-18+,21-19+/t31-,32-,33-,34+,35?,36?,37?,38-,39+,40+,41-,42-,44+,45-,46?,47+,48+,49-,52?,53+/m0/s1. The van der Waals surface area contributed by atoms with Crippen LogP contribution < -0.4 is 11.1 Å². The van der Waals surface area contributed by atoms with Gasteiger partial charge in [0, 0.05) is 31.1 Å². The maximum atomic E-state index is 14.1. The largest absolute Gasteiger partial charge is 0.467 e. The zero-order valence-corrected chi connectivity index (χ0v) is 43.1. The van der Waals surface area contributed by atoms with Crippen molar-refractivity contribution in [1.82, 2.24) is 5.32 Å². The Hall–Kier alpha value is -3.97. The second-order valence-electron chi connectivity index (χ2n) is 20.0. The average molecular weight is 1040 g/mol. The summed E-state index contributed by atoms with van der Waals surface area (Å²) < 4.78 is 28.6. The number of methoxy groups -OCH3 is 1. The van der Waals surface area contributed by atoms with Gasteiger partial charge in [0.05, 0.1) is 92.6 Å². The van der Waals surface area contributed by atoms with Crippen LogP contribution in [0.4, 0.5) is 0 Å². The van der Waals surface area contributed by atoms with Crippen LogP contribution in [-0.4, -0.2) is 180 Å². The first kappa shape index (κ1) is 63.3. The molecule has 20 atom stereocenters. The smallest absolute Gasteiger partial charge is 0.328 e. The lowest BCUT2D eigenvalue weighted by Gasteiger charge is -2.46. The number of rotatable bonds is 6. The molecular weight excluding hydrogens is 953 g/mol. The molecule has 2 bridgehead atoms.